The fraction of sp³-hybridized carbons (Fsp3) is 0.500. The molecule has 0 aromatic carbocycles. The van der Waals surface area contributed by atoms with Crippen molar-refractivity contribution in [3.63, 3.8) is 0 Å². The largest absolute Gasteiger partial charge is 0.394 e. The van der Waals surface area contributed by atoms with Crippen LogP contribution in [-0.4, -0.2) is 16.0 Å². The zero-order chi connectivity index (χ0) is 9.84. The van der Waals surface area contributed by atoms with Gasteiger partial charge in [0.25, 0.3) is 0 Å². The Bertz CT molecular complexity index is 289. The fourth-order valence-corrected chi connectivity index (χ4v) is 0.954. The Labute approximate surface area is 82.5 Å². The molecule has 0 radical (unpaired) electrons. The number of hydrogen-bond acceptors (Lipinski definition) is 4. The predicted molar refractivity (Wildman–Crippen MR) is 54.8 cm³/mol. The van der Waals surface area contributed by atoms with Crippen LogP contribution in [0.3, 0.4) is 0 Å². The molecule has 3 N–H and O–H groups in total. The molecule has 1 atom stereocenters. The third-order valence-corrected chi connectivity index (χ3v) is 1.97. The lowest BCUT2D eigenvalue weighted by molar-refractivity contribution is 0.759. The van der Waals surface area contributed by atoms with Gasteiger partial charge in [-0.25, -0.2) is 4.98 Å². The van der Waals surface area contributed by atoms with Crippen LogP contribution in [0.2, 0.25) is 5.28 Å². The average molecular weight is 201 g/mol. The molecule has 0 aliphatic rings. The summed E-state index contributed by atoms with van der Waals surface area (Å²) in [7, 11) is 0. The minimum absolute atomic E-state index is 0.208. The fourth-order valence-electron chi connectivity index (χ4n) is 0.821. The van der Waals surface area contributed by atoms with Gasteiger partial charge in [0.15, 0.2) is 5.82 Å². The summed E-state index contributed by atoms with van der Waals surface area (Å²) in [4.78, 5) is 7.74. The number of halogens is 1. The van der Waals surface area contributed by atoms with Crippen LogP contribution in [0.15, 0.2) is 6.20 Å². The highest BCUT2D eigenvalue weighted by molar-refractivity contribution is 6.28. The van der Waals surface area contributed by atoms with Crippen LogP contribution in [0.1, 0.15) is 20.3 Å². The summed E-state index contributed by atoms with van der Waals surface area (Å²) >= 11 is 5.63. The Kier molecular flexibility index (Phi) is 3.31. The SMILES string of the molecule is CCC(C)Nc1nc(Cl)ncc1N. The van der Waals surface area contributed by atoms with Gasteiger partial charge in [0.1, 0.15) is 0 Å². The average Bonchev–Trinajstić information content (AvgIpc) is 2.11. The van der Waals surface area contributed by atoms with Crippen LogP contribution in [0.4, 0.5) is 11.5 Å². The second-order valence-corrected chi connectivity index (χ2v) is 3.23. The number of nitrogens with zero attached hydrogens (tertiary/aromatic N) is 2. The summed E-state index contributed by atoms with van der Waals surface area (Å²) in [6.45, 7) is 4.13. The number of aromatic nitrogens is 2. The molecular formula is C8H13ClN4. The minimum Gasteiger partial charge on any atom is -0.394 e. The quantitative estimate of drug-likeness (QED) is 0.732. The van der Waals surface area contributed by atoms with Gasteiger partial charge in [-0.2, -0.15) is 4.98 Å². The van der Waals surface area contributed by atoms with Crippen molar-refractivity contribution in [3.05, 3.63) is 11.5 Å². The van der Waals surface area contributed by atoms with E-state index in [-0.39, 0.29) is 5.28 Å². The van der Waals surface area contributed by atoms with Crippen molar-refractivity contribution in [1.29, 1.82) is 0 Å². The Morgan fingerprint density at radius 2 is 2.38 bits per heavy atom. The molecule has 1 aromatic rings. The van der Waals surface area contributed by atoms with E-state index in [1.807, 2.05) is 0 Å². The van der Waals surface area contributed by atoms with Crippen LogP contribution in [0.25, 0.3) is 0 Å². The van der Waals surface area contributed by atoms with Crippen molar-refractivity contribution in [2.75, 3.05) is 11.1 Å². The molecule has 1 heterocycles. The van der Waals surface area contributed by atoms with Crippen molar-refractivity contribution < 1.29 is 0 Å². The molecule has 0 amide bonds. The molecule has 0 aliphatic carbocycles. The van der Waals surface area contributed by atoms with Crippen LogP contribution < -0.4 is 11.1 Å². The van der Waals surface area contributed by atoms with Crippen molar-refractivity contribution in [3.8, 4) is 0 Å². The maximum Gasteiger partial charge on any atom is 0.224 e. The number of hydrogen-bond donors (Lipinski definition) is 2. The van der Waals surface area contributed by atoms with E-state index >= 15 is 0 Å². The minimum atomic E-state index is 0.208. The summed E-state index contributed by atoms with van der Waals surface area (Å²) in [5.41, 5.74) is 6.16. The number of rotatable bonds is 3. The lowest BCUT2D eigenvalue weighted by Crippen LogP contribution is -2.16. The first kappa shape index (κ1) is 10.1. The Morgan fingerprint density at radius 1 is 1.69 bits per heavy atom. The molecule has 0 fully saturated rings. The number of nitrogens with two attached hydrogens (primary N) is 1. The highest BCUT2D eigenvalue weighted by atomic mass is 35.5. The Balaban J connectivity index is 2.81. The normalized spacial score (nSPS) is 12.5. The van der Waals surface area contributed by atoms with Crippen LogP contribution in [0, 0.1) is 0 Å². The zero-order valence-electron chi connectivity index (χ0n) is 7.71. The molecule has 0 bridgehead atoms. The molecule has 0 spiro atoms. The summed E-state index contributed by atoms with van der Waals surface area (Å²) in [5.74, 6) is 0.606. The topological polar surface area (TPSA) is 63.8 Å². The second-order valence-electron chi connectivity index (χ2n) is 2.90. The van der Waals surface area contributed by atoms with Crippen LogP contribution >= 0.6 is 11.6 Å². The van der Waals surface area contributed by atoms with E-state index in [4.69, 9.17) is 17.3 Å². The molecule has 0 aliphatic heterocycles. The predicted octanol–water partition coefficient (Wildman–Crippen LogP) is 1.92. The zero-order valence-corrected chi connectivity index (χ0v) is 8.47. The molecule has 1 rings (SSSR count). The van der Waals surface area contributed by atoms with Gasteiger partial charge >= 0.3 is 0 Å². The van der Waals surface area contributed by atoms with E-state index in [0.717, 1.165) is 6.42 Å². The standard InChI is InChI=1S/C8H13ClN4/c1-3-5(2)12-7-6(10)4-11-8(9)13-7/h4-5H,3,10H2,1-2H3,(H,11,12,13). The first-order valence-corrected chi connectivity index (χ1v) is 4.55. The molecule has 0 saturated heterocycles. The molecule has 13 heavy (non-hydrogen) atoms. The number of nitrogen functional groups attached to an aromatic ring is 1. The van der Waals surface area contributed by atoms with Crippen molar-refractivity contribution in [2.24, 2.45) is 0 Å². The van der Waals surface area contributed by atoms with E-state index in [0.29, 0.717) is 17.5 Å². The van der Waals surface area contributed by atoms with Crippen molar-refractivity contribution >= 4 is 23.1 Å². The molecule has 4 nitrogen and oxygen atoms in total. The highest BCUT2D eigenvalue weighted by Gasteiger charge is 2.05. The van der Waals surface area contributed by atoms with Gasteiger partial charge in [0.05, 0.1) is 11.9 Å². The van der Waals surface area contributed by atoms with Gasteiger partial charge in [0, 0.05) is 6.04 Å². The number of anilines is 2. The summed E-state index contributed by atoms with van der Waals surface area (Å²) in [6.07, 6.45) is 2.50. The lowest BCUT2D eigenvalue weighted by Gasteiger charge is -2.13. The molecule has 0 saturated carbocycles. The highest BCUT2D eigenvalue weighted by Crippen LogP contribution is 2.17. The monoisotopic (exact) mass is 200 g/mol. The van der Waals surface area contributed by atoms with Crippen molar-refractivity contribution in [2.45, 2.75) is 26.3 Å². The van der Waals surface area contributed by atoms with Gasteiger partial charge in [-0.15, -0.1) is 0 Å². The van der Waals surface area contributed by atoms with Gasteiger partial charge in [-0.1, -0.05) is 6.92 Å². The smallest absolute Gasteiger partial charge is 0.224 e. The first-order valence-electron chi connectivity index (χ1n) is 4.18. The molecular weight excluding hydrogens is 188 g/mol. The lowest BCUT2D eigenvalue weighted by atomic mass is 10.2. The van der Waals surface area contributed by atoms with E-state index in [2.05, 4.69) is 29.1 Å². The van der Waals surface area contributed by atoms with E-state index in [9.17, 15) is 0 Å². The van der Waals surface area contributed by atoms with Gasteiger partial charge in [0.2, 0.25) is 5.28 Å². The summed E-state index contributed by atoms with van der Waals surface area (Å²) in [6, 6.07) is 0.327. The van der Waals surface area contributed by atoms with Gasteiger partial charge in [-0.05, 0) is 24.9 Å². The molecule has 5 heteroatoms. The van der Waals surface area contributed by atoms with E-state index in [1.165, 1.54) is 6.20 Å². The maximum absolute atomic E-state index is 5.65. The second kappa shape index (κ2) is 4.28. The third kappa shape index (κ3) is 2.73. The third-order valence-electron chi connectivity index (χ3n) is 1.78. The maximum atomic E-state index is 5.65. The molecule has 72 valence electrons. The first-order chi connectivity index (χ1) is 6.13. The van der Waals surface area contributed by atoms with Gasteiger partial charge in [-0.3, -0.25) is 0 Å². The number of nitrogens with one attached hydrogen (secondary N) is 1. The summed E-state index contributed by atoms with van der Waals surface area (Å²) in [5, 5.41) is 3.35. The van der Waals surface area contributed by atoms with Crippen molar-refractivity contribution in [1.82, 2.24) is 9.97 Å². The van der Waals surface area contributed by atoms with Crippen LogP contribution in [-0.2, 0) is 0 Å². The summed E-state index contributed by atoms with van der Waals surface area (Å²) < 4.78 is 0. The van der Waals surface area contributed by atoms with Crippen LogP contribution in [0.5, 0.6) is 0 Å². The van der Waals surface area contributed by atoms with E-state index < -0.39 is 0 Å². The Hall–Kier alpha value is -1.03. The molecule has 1 aromatic heterocycles. The Morgan fingerprint density at radius 3 is 3.00 bits per heavy atom. The van der Waals surface area contributed by atoms with E-state index in [1.54, 1.807) is 0 Å². The van der Waals surface area contributed by atoms with Gasteiger partial charge < -0.3 is 11.1 Å². The molecule has 1 unspecified atom stereocenters.